The van der Waals surface area contributed by atoms with E-state index in [1.807, 2.05) is 6.92 Å². The van der Waals surface area contributed by atoms with Gasteiger partial charge in [-0.1, -0.05) is 6.92 Å². The summed E-state index contributed by atoms with van der Waals surface area (Å²) in [5, 5.41) is 21.2. The number of hydrogen-bond donors (Lipinski definition) is 1. The monoisotopic (exact) mass is 278 g/mol. The Bertz CT molecular complexity index is 616. The maximum atomic E-state index is 11.3. The van der Waals surface area contributed by atoms with Crippen molar-refractivity contribution in [3.8, 4) is 0 Å². The minimum Gasteiger partial charge on any atom is -0.392 e. The second kappa shape index (κ2) is 5.54. The van der Waals surface area contributed by atoms with Crippen LogP contribution in [-0.4, -0.2) is 26.4 Å². The first-order valence-corrected chi connectivity index (χ1v) is 6.75. The van der Waals surface area contributed by atoms with Crippen molar-refractivity contribution in [2.45, 2.75) is 30.1 Å². The average Bonchev–Trinajstić information content (AvgIpc) is 2.37. The quantitative estimate of drug-likeness (QED) is 0.528. The highest BCUT2D eigenvalue weighted by Crippen LogP contribution is 2.37. The summed E-state index contributed by atoms with van der Waals surface area (Å²) in [5.74, 6) is 0. The molecule has 1 aromatic heterocycles. The van der Waals surface area contributed by atoms with E-state index in [0.29, 0.717) is 15.8 Å². The summed E-state index contributed by atoms with van der Waals surface area (Å²) in [6.45, 7) is 3.51. The van der Waals surface area contributed by atoms with Crippen molar-refractivity contribution in [2.24, 2.45) is 0 Å². The molecule has 2 unspecified atom stereocenters. The standard InChI is InChI=1S/C13H14N2O3S/c1-8(16)9(2)19-12-6-5-11-10(4-3-7-14-11)13(12)15(17)18/h3-9,16H,1-2H3. The van der Waals surface area contributed by atoms with Gasteiger partial charge in [-0.2, -0.15) is 0 Å². The second-order valence-electron chi connectivity index (χ2n) is 4.30. The van der Waals surface area contributed by atoms with Crippen LogP contribution in [0.25, 0.3) is 10.9 Å². The molecule has 2 atom stereocenters. The Morgan fingerprint density at radius 3 is 2.74 bits per heavy atom. The Kier molecular flexibility index (Phi) is 4.01. The van der Waals surface area contributed by atoms with E-state index >= 15 is 0 Å². The topological polar surface area (TPSA) is 76.3 Å². The number of nitro groups is 1. The molecule has 0 saturated carbocycles. The van der Waals surface area contributed by atoms with Crippen LogP contribution in [0.5, 0.6) is 0 Å². The Morgan fingerprint density at radius 2 is 2.11 bits per heavy atom. The highest BCUT2D eigenvalue weighted by Gasteiger charge is 2.22. The van der Waals surface area contributed by atoms with Gasteiger partial charge in [0, 0.05) is 11.4 Å². The minimum absolute atomic E-state index is 0.0584. The zero-order chi connectivity index (χ0) is 14.0. The SMILES string of the molecule is CC(O)C(C)Sc1ccc2ncccc2c1[N+](=O)[O-]. The number of fused-ring (bicyclic) bond motifs is 1. The van der Waals surface area contributed by atoms with Crippen molar-refractivity contribution in [1.82, 2.24) is 4.98 Å². The number of nitrogens with zero attached hydrogens (tertiary/aromatic N) is 2. The molecule has 0 bridgehead atoms. The fourth-order valence-electron chi connectivity index (χ4n) is 1.70. The van der Waals surface area contributed by atoms with E-state index in [2.05, 4.69) is 4.98 Å². The van der Waals surface area contributed by atoms with Crippen LogP contribution in [0.15, 0.2) is 35.4 Å². The van der Waals surface area contributed by atoms with Crippen molar-refractivity contribution in [2.75, 3.05) is 0 Å². The third kappa shape index (κ3) is 2.85. The Labute approximate surface area is 114 Å². The molecule has 0 saturated heterocycles. The van der Waals surface area contributed by atoms with Crippen molar-refractivity contribution in [1.29, 1.82) is 0 Å². The minimum atomic E-state index is -0.533. The number of nitro benzene ring substituents is 1. The molecule has 1 heterocycles. The molecule has 0 radical (unpaired) electrons. The van der Waals surface area contributed by atoms with E-state index in [-0.39, 0.29) is 15.9 Å². The molecule has 0 aliphatic rings. The molecule has 6 heteroatoms. The van der Waals surface area contributed by atoms with Crippen molar-refractivity contribution < 1.29 is 10.0 Å². The number of pyridine rings is 1. The number of rotatable bonds is 4. The lowest BCUT2D eigenvalue weighted by Crippen LogP contribution is -2.15. The third-order valence-corrected chi connectivity index (χ3v) is 4.24. The van der Waals surface area contributed by atoms with Gasteiger partial charge in [0.1, 0.15) is 0 Å². The van der Waals surface area contributed by atoms with Gasteiger partial charge in [-0.15, -0.1) is 11.8 Å². The maximum absolute atomic E-state index is 11.3. The Hall–Kier alpha value is -1.66. The maximum Gasteiger partial charge on any atom is 0.292 e. The molecule has 5 nitrogen and oxygen atoms in total. The first-order chi connectivity index (χ1) is 9.00. The summed E-state index contributed by atoms with van der Waals surface area (Å²) in [4.78, 5) is 15.6. The lowest BCUT2D eigenvalue weighted by molar-refractivity contribution is -0.385. The van der Waals surface area contributed by atoms with E-state index in [1.165, 1.54) is 11.8 Å². The van der Waals surface area contributed by atoms with Crippen LogP contribution in [0.2, 0.25) is 0 Å². The summed E-state index contributed by atoms with van der Waals surface area (Å²) in [6.07, 6.45) is 1.08. The summed E-state index contributed by atoms with van der Waals surface area (Å²) in [6, 6.07) is 6.83. The highest BCUT2D eigenvalue weighted by molar-refractivity contribution is 8.00. The fraction of sp³-hybridized carbons (Fsp3) is 0.308. The number of aliphatic hydroxyl groups is 1. The fourth-order valence-corrected chi connectivity index (χ4v) is 2.74. The van der Waals surface area contributed by atoms with Crippen LogP contribution < -0.4 is 0 Å². The first kappa shape index (κ1) is 13.8. The average molecular weight is 278 g/mol. The number of thioether (sulfide) groups is 1. The number of aromatic nitrogens is 1. The van der Waals surface area contributed by atoms with E-state index in [4.69, 9.17) is 0 Å². The van der Waals surface area contributed by atoms with Crippen molar-refractivity contribution in [3.05, 3.63) is 40.6 Å². The third-order valence-electron chi connectivity index (χ3n) is 2.89. The van der Waals surface area contributed by atoms with Gasteiger partial charge in [-0.05, 0) is 31.2 Å². The molecule has 2 rings (SSSR count). The molecule has 1 N–H and O–H groups in total. The van der Waals surface area contributed by atoms with Gasteiger partial charge in [0.2, 0.25) is 0 Å². The van der Waals surface area contributed by atoms with Gasteiger partial charge in [0.25, 0.3) is 5.69 Å². The number of benzene rings is 1. The molecule has 1 aromatic carbocycles. The normalized spacial score (nSPS) is 14.3. The summed E-state index contributed by atoms with van der Waals surface area (Å²) < 4.78 is 0. The predicted octanol–water partition coefficient (Wildman–Crippen LogP) is 3.00. The van der Waals surface area contributed by atoms with Crippen LogP contribution in [0.4, 0.5) is 5.69 Å². The molecule has 0 amide bonds. The molecule has 0 fully saturated rings. The predicted molar refractivity (Wildman–Crippen MR) is 75.4 cm³/mol. The zero-order valence-corrected chi connectivity index (χ0v) is 11.4. The van der Waals surface area contributed by atoms with Gasteiger partial charge >= 0.3 is 0 Å². The highest BCUT2D eigenvalue weighted by atomic mass is 32.2. The van der Waals surface area contributed by atoms with Crippen molar-refractivity contribution in [3.63, 3.8) is 0 Å². The van der Waals surface area contributed by atoms with Crippen LogP contribution >= 0.6 is 11.8 Å². The van der Waals surface area contributed by atoms with Gasteiger partial charge < -0.3 is 5.11 Å². The molecule has 0 spiro atoms. The zero-order valence-electron chi connectivity index (χ0n) is 10.6. The van der Waals surface area contributed by atoms with Crippen LogP contribution in [0.1, 0.15) is 13.8 Å². The van der Waals surface area contributed by atoms with Gasteiger partial charge in [0.15, 0.2) is 0 Å². The van der Waals surface area contributed by atoms with Crippen LogP contribution in [0.3, 0.4) is 0 Å². The lowest BCUT2D eigenvalue weighted by atomic mass is 10.2. The molecule has 19 heavy (non-hydrogen) atoms. The van der Waals surface area contributed by atoms with Gasteiger partial charge in [0.05, 0.1) is 26.8 Å². The van der Waals surface area contributed by atoms with E-state index in [0.717, 1.165) is 0 Å². The molecule has 0 aliphatic carbocycles. The second-order valence-corrected chi connectivity index (χ2v) is 5.72. The summed E-state index contributed by atoms with van der Waals surface area (Å²) in [7, 11) is 0. The number of hydrogen-bond acceptors (Lipinski definition) is 5. The number of aliphatic hydroxyl groups excluding tert-OH is 1. The van der Waals surface area contributed by atoms with E-state index < -0.39 is 6.10 Å². The van der Waals surface area contributed by atoms with E-state index in [1.54, 1.807) is 37.4 Å². The molecular weight excluding hydrogens is 264 g/mol. The molecule has 100 valence electrons. The molecule has 0 aliphatic heterocycles. The van der Waals surface area contributed by atoms with Gasteiger partial charge in [-0.25, -0.2) is 0 Å². The van der Waals surface area contributed by atoms with E-state index in [9.17, 15) is 15.2 Å². The van der Waals surface area contributed by atoms with Gasteiger partial charge in [-0.3, -0.25) is 15.1 Å². The Morgan fingerprint density at radius 1 is 1.37 bits per heavy atom. The Balaban J connectivity index is 2.55. The van der Waals surface area contributed by atoms with Crippen LogP contribution in [-0.2, 0) is 0 Å². The van der Waals surface area contributed by atoms with Crippen LogP contribution in [0, 0.1) is 10.1 Å². The molecule has 2 aromatic rings. The summed E-state index contributed by atoms with van der Waals surface area (Å²) >= 11 is 1.30. The first-order valence-electron chi connectivity index (χ1n) is 5.87. The summed E-state index contributed by atoms with van der Waals surface area (Å²) in [5.41, 5.74) is 0.659. The molecular formula is C13H14N2O3S. The largest absolute Gasteiger partial charge is 0.392 e. The smallest absolute Gasteiger partial charge is 0.292 e. The lowest BCUT2D eigenvalue weighted by Gasteiger charge is -2.14. The van der Waals surface area contributed by atoms with Crippen molar-refractivity contribution >= 4 is 28.4 Å².